The number of carbonyl (C=O) groups excluding carboxylic acids is 2. The molecule has 0 fully saturated rings. The van der Waals surface area contributed by atoms with E-state index in [2.05, 4.69) is 5.32 Å². The highest BCUT2D eigenvalue weighted by Gasteiger charge is 2.30. The summed E-state index contributed by atoms with van der Waals surface area (Å²) in [7, 11) is -3.62. The van der Waals surface area contributed by atoms with Crippen molar-refractivity contribution in [2.75, 3.05) is 23.7 Å². The van der Waals surface area contributed by atoms with Crippen molar-refractivity contribution in [2.24, 2.45) is 0 Å². The van der Waals surface area contributed by atoms with Crippen LogP contribution in [0.15, 0.2) is 78.9 Å². The Kier molecular flexibility index (Phi) is 11.6. The summed E-state index contributed by atoms with van der Waals surface area (Å²) in [6.07, 6.45) is 2.64. The molecule has 3 rings (SSSR count). The molecule has 214 valence electrons. The topological polar surface area (TPSA) is 86.8 Å². The molecule has 0 heterocycles. The molecule has 1 N–H and O–H groups in total. The van der Waals surface area contributed by atoms with Crippen molar-refractivity contribution >= 4 is 39.1 Å². The summed E-state index contributed by atoms with van der Waals surface area (Å²) in [5, 5.41) is 3.44. The molecule has 0 aromatic heterocycles. The number of hydrogen-bond donors (Lipinski definition) is 1. The number of benzene rings is 3. The average Bonchev–Trinajstić information content (AvgIpc) is 2.94. The quantitative estimate of drug-likeness (QED) is 0.277. The fraction of sp³-hybridized carbons (Fsp3) is 0.355. The summed E-state index contributed by atoms with van der Waals surface area (Å²) in [4.78, 5) is 28.8. The molecular weight excluding hydrogens is 546 g/mol. The highest BCUT2D eigenvalue weighted by atomic mass is 35.5. The summed E-state index contributed by atoms with van der Waals surface area (Å²) < 4.78 is 26.7. The van der Waals surface area contributed by atoms with Crippen LogP contribution in [-0.4, -0.2) is 50.5 Å². The number of amides is 2. The molecule has 2 amide bonds. The number of hydrogen-bond acceptors (Lipinski definition) is 4. The lowest BCUT2D eigenvalue weighted by molar-refractivity contribution is -0.141. The van der Waals surface area contributed by atoms with Gasteiger partial charge in [0.1, 0.15) is 6.04 Å². The highest BCUT2D eigenvalue weighted by molar-refractivity contribution is 7.92. The van der Waals surface area contributed by atoms with Gasteiger partial charge in [0.15, 0.2) is 0 Å². The zero-order valence-corrected chi connectivity index (χ0v) is 24.9. The lowest BCUT2D eigenvalue weighted by atomic mass is 10.0. The Labute approximate surface area is 243 Å². The lowest BCUT2D eigenvalue weighted by Gasteiger charge is -2.32. The second-order valence-corrected chi connectivity index (χ2v) is 12.1. The Morgan fingerprint density at radius 3 is 2.15 bits per heavy atom. The first-order chi connectivity index (χ1) is 19.1. The first-order valence-electron chi connectivity index (χ1n) is 13.5. The molecule has 0 bridgehead atoms. The minimum atomic E-state index is -3.62. The van der Waals surface area contributed by atoms with Crippen LogP contribution in [-0.2, 0) is 32.6 Å². The Hall–Kier alpha value is -3.36. The molecule has 0 aliphatic carbocycles. The second-order valence-electron chi connectivity index (χ2n) is 9.83. The van der Waals surface area contributed by atoms with E-state index in [1.54, 1.807) is 30.0 Å². The summed E-state index contributed by atoms with van der Waals surface area (Å²) in [6.45, 7) is 4.64. The van der Waals surface area contributed by atoms with Crippen LogP contribution < -0.4 is 9.62 Å². The van der Waals surface area contributed by atoms with E-state index in [1.165, 1.54) is 4.31 Å². The van der Waals surface area contributed by atoms with Crippen molar-refractivity contribution in [1.82, 2.24) is 10.2 Å². The molecule has 0 aliphatic heterocycles. The molecule has 1 atom stereocenters. The van der Waals surface area contributed by atoms with Gasteiger partial charge < -0.3 is 10.2 Å². The van der Waals surface area contributed by atoms with Gasteiger partial charge in [-0.3, -0.25) is 13.9 Å². The van der Waals surface area contributed by atoms with Gasteiger partial charge in [-0.05, 0) is 48.6 Å². The summed E-state index contributed by atoms with van der Waals surface area (Å²) in [5.41, 5.74) is 3.00. The number of nitrogens with one attached hydrogen (secondary N) is 1. The van der Waals surface area contributed by atoms with Crippen molar-refractivity contribution in [3.05, 3.63) is 101 Å². The normalized spacial score (nSPS) is 12.0. The number of nitrogens with zero attached hydrogens (tertiary/aromatic N) is 2. The maximum absolute atomic E-state index is 13.8. The minimum absolute atomic E-state index is 0.0742. The van der Waals surface area contributed by atoms with Gasteiger partial charge in [-0.15, -0.1) is 0 Å². The molecule has 9 heteroatoms. The predicted molar refractivity (Wildman–Crippen MR) is 162 cm³/mol. The van der Waals surface area contributed by atoms with E-state index in [-0.39, 0.29) is 37.7 Å². The lowest BCUT2D eigenvalue weighted by Crippen LogP contribution is -2.50. The fourth-order valence-corrected chi connectivity index (χ4v) is 5.73. The van der Waals surface area contributed by atoms with Gasteiger partial charge >= 0.3 is 0 Å². The SMILES string of the molecule is CCCNC(=O)C(Cc1ccccc1)N(Cc1ccccc1)C(=O)CCCN(c1cccc(Cl)c1C)S(C)(=O)=O. The number of anilines is 1. The zero-order chi connectivity index (χ0) is 29.1. The second kappa shape index (κ2) is 14.9. The van der Waals surface area contributed by atoms with Gasteiger partial charge in [-0.25, -0.2) is 8.42 Å². The summed E-state index contributed by atoms with van der Waals surface area (Å²) in [5.74, 6) is -0.421. The Balaban J connectivity index is 1.86. The molecule has 0 saturated carbocycles. The van der Waals surface area contributed by atoms with Gasteiger partial charge in [0, 0.05) is 37.5 Å². The average molecular weight is 584 g/mol. The third-order valence-electron chi connectivity index (χ3n) is 6.68. The molecule has 0 spiro atoms. The van der Waals surface area contributed by atoms with Crippen LogP contribution in [0.1, 0.15) is 42.9 Å². The van der Waals surface area contributed by atoms with Crippen LogP contribution in [0.3, 0.4) is 0 Å². The molecule has 0 aliphatic rings. The number of sulfonamides is 1. The maximum atomic E-state index is 13.8. The molecule has 40 heavy (non-hydrogen) atoms. The van der Waals surface area contributed by atoms with Crippen LogP contribution in [0.25, 0.3) is 0 Å². The first kappa shape index (κ1) is 31.2. The molecule has 3 aromatic rings. The monoisotopic (exact) mass is 583 g/mol. The number of rotatable bonds is 14. The summed E-state index contributed by atoms with van der Waals surface area (Å²) in [6, 6.07) is 23.6. The van der Waals surface area contributed by atoms with Crippen molar-refractivity contribution in [3.63, 3.8) is 0 Å². The van der Waals surface area contributed by atoms with E-state index < -0.39 is 16.1 Å². The van der Waals surface area contributed by atoms with Gasteiger partial charge in [0.2, 0.25) is 21.8 Å². The smallest absolute Gasteiger partial charge is 0.243 e. The van der Waals surface area contributed by atoms with Crippen LogP contribution in [0.2, 0.25) is 5.02 Å². The molecule has 3 aromatic carbocycles. The van der Waals surface area contributed by atoms with Gasteiger partial charge in [-0.1, -0.05) is 85.3 Å². The summed E-state index contributed by atoms with van der Waals surface area (Å²) >= 11 is 6.26. The van der Waals surface area contributed by atoms with Crippen molar-refractivity contribution in [1.29, 1.82) is 0 Å². The van der Waals surface area contributed by atoms with Crippen molar-refractivity contribution in [3.8, 4) is 0 Å². The van der Waals surface area contributed by atoms with E-state index in [1.807, 2.05) is 67.6 Å². The third-order valence-corrected chi connectivity index (χ3v) is 8.27. The van der Waals surface area contributed by atoms with E-state index in [0.717, 1.165) is 23.8 Å². The Morgan fingerprint density at radius 2 is 1.55 bits per heavy atom. The molecule has 1 unspecified atom stereocenters. The number of carbonyl (C=O) groups is 2. The van der Waals surface area contributed by atoms with E-state index in [0.29, 0.717) is 29.2 Å². The van der Waals surface area contributed by atoms with Crippen LogP contribution in [0.4, 0.5) is 5.69 Å². The molecule has 0 radical (unpaired) electrons. The Bertz CT molecular complexity index is 1370. The molecular formula is C31H38ClN3O4S. The van der Waals surface area contributed by atoms with Gasteiger partial charge in [0.25, 0.3) is 0 Å². The maximum Gasteiger partial charge on any atom is 0.243 e. The minimum Gasteiger partial charge on any atom is -0.354 e. The van der Waals surface area contributed by atoms with Crippen LogP contribution >= 0.6 is 11.6 Å². The van der Waals surface area contributed by atoms with Gasteiger partial charge in [0.05, 0.1) is 11.9 Å². The standard InChI is InChI=1S/C31H38ClN3O4S/c1-4-20-33-31(37)29(22-25-13-7-5-8-14-25)34(23-26-15-9-6-10-16-26)30(36)19-12-21-35(40(3,38)39)28-18-11-17-27(32)24(28)2/h5-11,13-18,29H,4,12,19-23H2,1-3H3,(H,33,37). The van der Waals surface area contributed by atoms with E-state index in [9.17, 15) is 18.0 Å². The van der Waals surface area contributed by atoms with Crippen molar-refractivity contribution < 1.29 is 18.0 Å². The Morgan fingerprint density at radius 1 is 0.925 bits per heavy atom. The highest BCUT2D eigenvalue weighted by Crippen LogP contribution is 2.28. The number of halogens is 1. The molecule has 0 saturated heterocycles. The third kappa shape index (κ3) is 8.83. The zero-order valence-electron chi connectivity index (χ0n) is 23.3. The van der Waals surface area contributed by atoms with Crippen molar-refractivity contribution in [2.45, 2.75) is 52.1 Å². The van der Waals surface area contributed by atoms with E-state index >= 15 is 0 Å². The fourth-order valence-electron chi connectivity index (χ4n) is 4.55. The molecule has 7 nitrogen and oxygen atoms in total. The van der Waals surface area contributed by atoms with E-state index in [4.69, 9.17) is 11.6 Å². The first-order valence-corrected chi connectivity index (χ1v) is 15.7. The largest absolute Gasteiger partial charge is 0.354 e. The van der Waals surface area contributed by atoms with Crippen LogP contribution in [0.5, 0.6) is 0 Å². The predicted octanol–water partition coefficient (Wildman–Crippen LogP) is 5.36. The van der Waals surface area contributed by atoms with Crippen LogP contribution in [0, 0.1) is 6.92 Å². The van der Waals surface area contributed by atoms with Gasteiger partial charge in [-0.2, -0.15) is 0 Å².